The van der Waals surface area contributed by atoms with Gasteiger partial charge in [-0.1, -0.05) is 60.7 Å². The van der Waals surface area contributed by atoms with E-state index in [1.165, 1.54) is 14.2 Å². The lowest BCUT2D eigenvalue weighted by molar-refractivity contribution is -0.146. The zero-order valence-corrected chi connectivity index (χ0v) is 38.3. The first-order chi connectivity index (χ1) is 31.0. The molecule has 2 aliphatic heterocycles. The van der Waals surface area contributed by atoms with Gasteiger partial charge < -0.3 is 43.8 Å². The fraction of sp³-hybridized carbons (Fsp3) is 0.392. The second-order valence-electron chi connectivity index (χ2n) is 18.4. The average Bonchev–Trinajstić information content (AvgIpc) is 4.04. The Labute approximate surface area is 380 Å². The maximum absolute atomic E-state index is 13.9. The second kappa shape index (κ2) is 19.9. The molecule has 0 bridgehead atoms. The Morgan fingerprint density at radius 2 is 1.00 bits per heavy atom. The fourth-order valence-corrected chi connectivity index (χ4v) is 8.47. The number of amides is 4. The fourth-order valence-electron chi connectivity index (χ4n) is 8.47. The van der Waals surface area contributed by atoms with E-state index in [9.17, 15) is 19.2 Å². The molecule has 0 radical (unpaired) electrons. The molecule has 3 heterocycles. The van der Waals surface area contributed by atoms with Gasteiger partial charge in [0.15, 0.2) is 18.0 Å². The number of hydrogen-bond acceptors (Lipinski definition) is 10. The molecule has 2 aliphatic rings. The third-order valence-electron chi connectivity index (χ3n) is 11.2. The lowest BCUT2D eigenvalue weighted by Gasteiger charge is -2.28. The molecule has 4 amide bonds. The molecule has 5 aromatic rings. The molecule has 4 aromatic carbocycles. The van der Waals surface area contributed by atoms with Gasteiger partial charge in [-0.25, -0.2) is 4.98 Å². The minimum absolute atomic E-state index is 0.254. The molecule has 65 heavy (non-hydrogen) atoms. The van der Waals surface area contributed by atoms with E-state index in [0.717, 1.165) is 5.56 Å². The summed E-state index contributed by atoms with van der Waals surface area (Å²) in [5, 5.41) is 5.98. The lowest BCUT2D eigenvalue weighted by Crippen LogP contribution is -2.45. The number of likely N-dealkylation sites (tertiary alicyclic amines) is 2. The van der Waals surface area contributed by atoms with E-state index < -0.39 is 35.5 Å². The van der Waals surface area contributed by atoms with Crippen molar-refractivity contribution in [3.63, 3.8) is 0 Å². The van der Waals surface area contributed by atoms with E-state index in [-0.39, 0.29) is 48.9 Å². The number of ether oxygens (including phenoxy) is 4. The van der Waals surface area contributed by atoms with E-state index in [2.05, 4.69) is 15.6 Å². The molecule has 7 rings (SSSR count). The van der Waals surface area contributed by atoms with Gasteiger partial charge in [0.1, 0.15) is 12.1 Å². The zero-order chi connectivity index (χ0) is 46.5. The maximum atomic E-state index is 13.9. The Kier molecular flexibility index (Phi) is 14.3. The molecular formula is C51H59N5O9. The maximum Gasteiger partial charge on any atom is 0.257 e. The Morgan fingerprint density at radius 3 is 1.38 bits per heavy atom. The minimum atomic E-state index is -0.868. The number of rotatable bonds is 14. The first kappa shape index (κ1) is 46.8. The van der Waals surface area contributed by atoms with Crippen LogP contribution in [0.25, 0.3) is 22.8 Å². The van der Waals surface area contributed by atoms with Crippen molar-refractivity contribution in [1.29, 1.82) is 0 Å². The molecule has 0 saturated carbocycles. The quantitative estimate of drug-likeness (QED) is 0.111. The number of oxazole rings is 1. The topological polar surface area (TPSA) is 162 Å². The molecule has 342 valence electrons. The van der Waals surface area contributed by atoms with Crippen LogP contribution in [-0.2, 0) is 38.1 Å². The summed E-state index contributed by atoms with van der Waals surface area (Å²) in [6, 6.07) is 31.2. The van der Waals surface area contributed by atoms with Crippen LogP contribution >= 0.6 is 0 Å². The number of aromatic nitrogens is 1. The highest BCUT2D eigenvalue weighted by Crippen LogP contribution is 2.33. The number of methoxy groups -OCH3 is 2. The van der Waals surface area contributed by atoms with Crippen molar-refractivity contribution in [2.75, 3.05) is 37.9 Å². The molecular weight excluding hydrogens is 827 g/mol. The summed E-state index contributed by atoms with van der Waals surface area (Å²) in [6.45, 7) is 12.2. The van der Waals surface area contributed by atoms with Gasteiger partial charge in [0.25, 0.3) is 11.8 Å². The number of carbonyl (C=O) groups excluding carboxylic acids is 4. The monoisotopic (exact) mass is 885 g/mol. The highest BCUT2D eigenvalue weighted by molar-refractivity contribution is 5.99. The molecule has 0 spiro atoms. The van der Waals surface area contributed by atoms with E-state index in [1.54, 1.807) is 52.4 Å². The van der Waals surface area contributed by atoms with Crippen LogP contribution in [0.5, 0.6) is 0 Å². The molecule has 14 nitrogen and oxygen atoms in total. The van der Waals surface area contributed by atoms with Crippen LogP contribution in [0, 0.1) is 0 Å². The number of carbonyl (C=O) groups is 4. The Bertz CT molecular complexity index is 2240. The predicted octanol–water partition coefficient (Wildman–Crippen LogP) is 8.23. The Morgan fingerprint density at radius 1 is 0.600 bits per heavy atom. The van der Waals surface area contributed by atoms with Crippen molar-refractivity contribution < 1.29 is 42.5 Å². The summed E-state index contributed by atoms with van der Waals surface area (Å²) < 4.78 is 29.9. The molecule has 0 aliphatic carbocycles. The van der Waals surface area contributed by atoms with Gasteiger partial charge in [0.05, 0.1) is 29.6 Å². The standard InChI is InChI=1S/C51H59N5O9/c1-50(2,3)64-38-27-40(55(30-38)48(59)43(61-7)33-15-11-9-12-16-33)45(57)53-36-23-19-32(20-24-36)42-29-52-47(63-42)35-21-25-37(26-22-35)54-46(58)41-28-39(65-51(4,5)6)31-56(41)49(60)44(62-8)34-17-13-10-14-18-34/h9-26,29,38-41,43-44H,27-28,30-31H2,1-8H3,(H,53,57)(H,54,58)/t38-,39-,40?,41+,43?,44+/m1/s1. The molecule has 14 heteroatoms. The first-order valence-corrected chi connectivity index (χ1v) is 21.9. The third-order valence-corrected chi connectivity index (χ3v) is 11.2. The normalized spacial score (nSPS) is 19.8. The van der Waals surface area contributed by atoms with Crippen LogP contribution in [0.1, 0.15) is 77.7 Å². The van der Waals surface area contributed by atoms with Crippen LogP contribution in [0.3, 0.4) is 0 Å². The minimum Gasteiger partial charge on any atom is -0.436 e. The van der Waals surface area contributed by atoms with Crippen molar-refractivity contribution in [2.24, 2.45) is 0 Å². The number of benzene rings is 4. The van der Waals surface area contributed by atoms with Crippen molar-refractivity contribution in [3.8, 4) is 22.8 Å². The summed E-state index contributed by atoms with van der Waals surface area (Å²) in [7, 11) is 2.97. The summed E-state index contributed by atoms with van der Waals surface area (Å²) in [5.74, 6) is -0.384. The number of nitrogens with one attached hydrogen (secondary N) is 2. The molecule has 1 aromatic heterocycles. The number of nitrogens with zero attached hydrogens (tertiary/aromatic N) is 3. The third kappa shape index (κ3) is 11.6. The average molecular weight is 886 g/mol. The highest BCUT2D eigenvalue weighted by atomic mass is 16.5. The predicted molar refractivity (Wildman–Crippen MR) is 247 cm³/mol. The van der Waals surface area contributed by atoms with E-state index in [1.807, 2.05) is 114 Å². The largest absolute Gasteiger partial charge is 0.436 e. The van der Waals surface area contributed by atoms with Gasteiger partial charge in [-0.3, -0.25) is 19.2 Å². The van der Waals surface area contributed by atoms with Crippen molar-refractivity contribution in [3.05, 3.63) is 127 Å². The highest BCUT2D eigenvalue weighted by Gasteiger charge is 2.45. The summed E-state index contributed by atoms with van der Waals surface area (Å²) in [6.07, 6.45) is -0.108. The van der Waals surface area contributed by atoms with Gasteiger partial charge in [0.2, 0.25) is 17.7 Å². The Balaban J connectivity index is 0.993. The van der Waals surface area contributed by atoms with E-state index >= 15 is 0 Å². The number of hydrogen-bond donors (Lipinski definition) is 2. The van der Waals surface area contributed by atoms with Crippen LogP contribution in [-0.4, -0.2) is 101 Å². The van der Waals surface area contributed by atoms with Gasteiger partial charge in [0, 0.05) is 62.7 Å². The van der Waals surface area contributed by atoms with Crippen LogP contribution in [0.15, 0.2) is 120 Å². The molecule has 2 fully saturated rings. The zero-order valence-electron chi connectivity index (χ0n) is 38.3. The summed E-state index contributed by atoms with van der Waals surface area (Å²) >= 11 is 0. The van der Waals surface area contributed by atoms with Gasteiger partial charge in [-0.05, 0) is 101 Å². The van der Waals surface area contributed by atoms with Gasteiger partial charge >= 0.3 is 0 Å². The molecule has 2 N–H and O–H groups in total. The van der Waals surface area contributed by atoms with Crippen molar-refractivity contribution in [2.45, 2.75) is 102 Å². The number of anilines is 2. The molecule has 6 atom stereocenters. The van der Waals surface area contributed by atoms with E-state index in [0.29, 0.717) is 52.6 Å². The van der Waals surface area contributed by atoms with Crippen LogP contribution < -0.4 is 10.6 Å². The van der Waals surface area contributed by atoms with E-state index in [4.69, 9.17) is 23.4 Å². The van der Waals surface area contributed by atoms with Crippen LogP contribution in [0.4, 0.5) is 11.4 Å². The summed E-state index contributed by atoms with van der Waals surface area (Å²) in [5.41, 5.74) is 2.99. The summed E-state index contributed by atoms with van der Waals surface area (Å²) in [4.78, 5) is 63.2. The first-order valence-electron chi connectivity index (χ1n) is 21.9. The molecule has 2 unspecified atom stereocenters. The SMILES string of the molecule is COC(C(=O)N1C[C@H](OC(C)(C)C)CC1C(=O)Nc1ccc(-c2cnc(-c3ccc(NC(=O)[C@@H]4C[C@@H](OC(C)(C)C)CN4C(=O)[C@@H](OC)c4ccccc4)cc3)o2)cc1)c1ccccc1. The van der Waals surface area contributed by atoms with Crippen molar-refractivity contribution >= 4 is 35.0 Å². The Hall–Kier alpha value is -6.19. The van der Waals surface area contributed by atoms with Gasteiger partial charge in [-0.2, -0.15) is 0 Å². The van der Waals surface area contributed by atoms with Crippen molar-refractivity contribution in [1.82, 2.24) is 14.8 Å². The second-order valence-corrected chi connectivity index (χ2v) is 18.4. The van der Waals surface area contributed by atoms with Crippen LogP contribution in [0.2, 0.25) is 0 Å². The lowest BCUT2D eigenvalue weighted by atomic mass is 10.1. The smallest absolute Gasteiger partial charge is 0.257 e. The van der Waals surface area contributed by atoms with Gasteiger partial charge in [-0.15, -0.1) is 0 Å². The molecule has 2 saturated heterocycles.